The Hall–Kier alpha value is -6.90. The van der Waals surface area contributed by atoms with Crippen molar-refractivity contribution in [2.75, 3.05) is 4.90 Å². The van der Waals surface area contributed by atoms with Gasteiger partial charge in [0.25, 0.3) is 0 Å². The maximum absolute atomic E-state index is 9.95. The van der Waals surface area contributed by atoms with Crippen molar-refractivity contribution < 1.29 is 19.5 Å². The van der Waals surface area contributed by atoms with Crippen molar-refractivity contribution in [2.45, 2.75) is 19.3 Å². The minimum absolute atomic E-state index is 0.0714. The van der Waals surface area contributed by atoms with E-state index in [9.17, 15) is 8.22 Å². The summed E-state index contributed by atoms with van der Waals surface area (Å²) in [6.07, 6.45) is 0. The number of anilines is 3. The molecule has 0 bridgehead atoms. The van der Waals surface area contributed by atoms with Gasteiger partial charge < -0.3 is 9.32 Å². The van der Waals surface area contributed by atoms with Crippen LogP contribution in [0.15, 0.2) is 192 Å². The van der Waals surface area contributed by atoms with Crippen LogP contribution in [0.25, 0.3) is 76.9 Å². The number of furan rings is 1. The molecule has 2 heteroatoms. The molecule has 0 saturated heterocycles. The van der Waals surface area contributed by atoms with Gasteiger partial charge in [0.15, 0.2) is 0 Å². The molecule has 9 aromatic carbocycles. The fraction of sp³-hybridized carbons (Fsp3) is 0.0566. The van der Waals surface area contributed by atoms with Gasteiger partial charge in [-0.3, -0.25) is 0 Å². The molecule has 1 aromatic heterocycles. The smallest absolute Gasteiger partial charge is 0.143 e. The lowest BCUT2D eigenvalue weighted by Gasteiger charge is -2.29. The number of hydrogen-bond donors (Lipinski definition) is 0. The molecule has 1 heterocycles. The first-order chi connectivity index (χ1) is 31.6. The Labute approximate surface area is 336 Å². The summed E-state index contributed by atoms with van der Waals surface area (Å²) in [5.74, 6) is 0. The summed E-state index contributed by atoms with van der Waals surface area (Å²) in [6, 6.07) is 32.2. The number of benzene rings is 9. The topological polar surface area (TPSA) is 16.4 Å². The number of hydrogen-bond acceptors (Lipinski definition) is 2. The largest absolute Gasteiger partial charge is 0.455 e. The van der Waals surface area contributed by atoms with E-state index in [-0.39, 0.29) is 45.5 Å². The lowest BCUT2D eigenvalue weighted by molar-refractivity contribution is 0.662. The molecule has 0 N–H and O–H groups in total. The molecule has 55 heavy (non-hydrogen) atoms. The van der Waals surface area contributed by atoms with Crippen molar-refractivity contribution in [3.05, 3.63) is 199 Å². The molecule has 10 aromatic rings. The highest BCUT2D eigenvalue weighted by Gasteiger charge is 2.37. The first kappa shape index (κ1) is 22.3. The van der Waals surface area contributed by atoms with Crippen LogP contribution in [0.1, 0.15) is 40.1 Å². The first-order valence-electron chi connectivity index (χ1n) is 23.7. The van der Waals surface area contributed by atoms with Crippen molar-refractivity contribution in [1.82, 2.24) is 0 Å². The first-order valence-corrected chi connectivity index (χ1v) is 18.2. The highest BCUT2D eigenvalue weighted by molar-refractivity contribution is 6.20. The Morgan fingerprint density at radius 3 is 2.11 bits per heavy atom. The van der Waals surface area contributed by atoms with Crippen LogP contribution in [0.3, 0.4) is 0 Å². The third-order valence-electron chi connectivity index (χ3n) is 11.0. The summed E-state index contributed by atoms with van der Waals surface area (Å²) in [6.45, 7) is 4.15. The van der Waals surface area contributed by atoms with Crippen molar-refractivity contribution in [3.8, 4) is 33.4 Å². The molecule has 1 aliphatic rings. The lowest BCUT2D eigenvalue weighted by atomic mass is 9.79. The van der Waals surface area contributed by atoms with E-state index in [0.29, 0.717) is 27.9 Å². The molecule has 2 nitrogen and oxygen atoms in total. The summed E-state index contributed by atoms with van der Waals surface area (Å²) in [4.78, 5) is 1.33. The van der Waals surface area contributed by atoms with Gasteiger partial charge in [0.05, 0.1) is 26.5 Å². The molecule has 0 amide bonds. The fourth-order valence-electron chi connectivity index (χ4n) is 8.60. The van der Waals surface area contributed by atoms with Crippen LogP contribution in [-0.2, 0) is 5.41 Å². The zero-order valence-electron chi connectivity index (χ0n) is 40.9. The third-order valence-corrected chi connectivity index (χ3v) is 11.0. The average molecular weight is 715 g/mol. The van der Waals surface area contributed by atoms with Gasteiger partial charge in [-0.1, -0.05) is 165 Å². The second-order valence-corrected chi connectivity index (χ2v) is 14.4. The van der Waals surface area contributed by atoms with Gasteiger partial charge in [-0.2, -0.15) is 0 Å². The van der Waals surface area contributed by atoms with Gasteiger partial charge in [0.2, 0.25) is 0 Å². The van der Waals surface area contributed by atoms with E-state index in [4.69, 9.17) is 11.3 Å². The Morgan fingerprint density at radius 2 is 1.20 bits per heavy atom. The van der Waals surface area contributed by atoms with Crippen LogP contribution in [0.5, 0.6) is 0 Å². The fourth-order valence-corrected chi connectivity index (χ4v) is 8.60. The molecule has 0 aliphatic heterocycles. The molecule has 0 unspecified atom stereocenters. The van der Waals surface area contributed by atoms with Crippen molar-refractivity contribution in [1.29, 1.82) is 0 Å². The number of nitrogens with zero attached hydrogens (tertiary/aromatic N) is 1. The summed E-state index contributed by atoms with van der Waals surface area (Å²) in [5, 5.41) is 2.85. The Morgan fingerprint density at radius 1 is 0.491 bits per heavy atom. The highest BCUT2D eigenvalue weighted by atomic mass is 16.3. The summed E-state index contributed by atoms with van der Waals surface area (Å²) >= 11 is 0. The van der Waals surface area contributed by atoms with E-state index in [1.165, 1.54) is 4.90 Å². The molecule has 11 rings (SSSR count). The van der Waals surface area contributed by atoms with Crippen molar-refractivity contribution in [3.63, 3.8) is 0 Å². The molecule has 1 aliphatic carbocycles. The van der Waals surface area contributed by atoms with Crippen LogP contribution in [-0.4, -0.2) is 0 Å². The van der Waals surface area contributed by atoms with Crippen molar-refractivity contribution in [2.24, 2.45) is 0 Å². The maximum atomic E-state index is 9.95. The minimum Gasteiger partial charge on any atom is -0.455 e. The quantitative estimate of drug-likeness (QED) is 0.176. The lowest BCUT2D eigenvalue weighted by Crippen LogP contribution is -2.16. The number of fused-ring (bicyclic) bond motifs is 9. The molecule has 0 fully saturated rings. The van der Waals surface area contributed by atoms with E-state index in [1.54, 1.807) is 18.2 Å². The maximum Gasteiger partial charge on any atom is 0.143 e. The Kier molecular flexibility index (Phi) is 4.90. The van der Waals surface area contributed by atoms with Gasteiger partial charge in [-0.05, 0) is 86.0 Å². The van der Waals surface area contributed by atoms with E-state index in [2.05, 4.69) is 19.9 Å². The zero-order chi connectivity index (χ0) is 46.2. The molecule has 0 radical (unpaired) electrons. The Bertz CT molecular complexity index is 3740. The Balaban J connectivity index is 1.26. The van der Waals surface area contributed by atoms with Crippen molar-refractivity contribution >= 4 is 60.5 Å². The SMILES string of the molecule is [2H]c1c([2H])c(N(c2ccccc2-c2cccc3oc4c5ccccc5ccc4c23)c2c([2H])c([2H])c([2H])c3c([2H])c([2H])c([2H])c([2H])c23)c([2H])c([2H])c1-c1cccc2c1C(C)(C)c1ccccc1-2. The number of para-hydroxylation sites is 1. The van der Waals surface area contributed by atoms with Gasteiger partial charge in [-0.15, -0.1) is 0 Å². The minimum atomic E-state index is -0.645. The molecule has 0 saturated carbocycles. The van der Waals surface area contributed by atoms with E-state index in [0.717, 1.165) is 43.8 Å². The standard InChI is InChI=1S/C53H37NO/c1-53(2)46-24-9-7-19-41(46)44-23-12-21-39(51(44)53)36-28-31-37(32-29-36)54(47-26-11-16-34-14-3-5-17-38(34)47)48-25-10-8-20-42(48)43-22-13-27-49-50(43)45-33-30-35-15-4-6-18-40(35)52(45)55-49/h3-33H,1-2H3/i3D,5D,11D,14D,16D,17D,26D,28D,29D,31D,32D. The van der Waals surface area contributed by atoms with Gasteiger partial charge >= 0.3 is 0 Å². The van der Waals surface area contributed by atoms with Gasteiger partial charge in [0, 0.05) is 38.2 Å². The normalized spacial score (nSPS) is 15.9. The van der Waals surface area contributed by atoms with Crippen LogP contribution >= 0.6 is 0 Å². The molecular formula is C53H37NO. The van der Waals surface area contributed by atoms with Crippen LogP contribution in [0.4, 0.5) is 17.1 Å². The van der Waals surface area contributed by atoms with Crippen LogP contribution in [0.2, 0.25) is 0 Å². The van der Waals surface area contributed by atoms with Crippen LogP contribution in [0, 0.1) is 0 Å². The summed E-state index contributed by atoms with van der Waals surface area (Å²) < 4.78 is 109. The molecular weight excluding hydrogens is 667 g/mol. The molecule has 260 valence electrons. The van der Waals surface area contributed by atoms with Gasteiger partial charge in [0.1, 0.15) is 11.2 Å². The number of rotatable bonds is 5. The average Bonchev–Trinajstić information content (AvgIpc) is 3.83. The zero-order valence-corrected chi connectivity index (χ0v) is 29.9. The predicted octanol–water partition coefficient (Wildman–Crippen LogP) is 15.0. The second-order valence-electron chi connectivity index (χ2n) is 14.4. The predicted molar refractivity (Wildman–Crippen MR) is 232 cm³/mol. The van der Waals surface area contributed by atoms with E-state index in [1.807, 2.05) is 97.1 Å². The van der Waals surface area contributed by atoms with Crippen LogP contribution < -0.4 is 4.90 Å². The monoisotopic (exact) mass is 714 g/mol. The summed E-state index contributed by atoms with van der Waals surface area (Å²) in [7, 11) is 0. The van der Waals surface area contributed by atoms with E-state index >= 15 is 0 Å². The highest BCUT2D eigenvalue weighted by Crippen LogP contribution is 2.53. The summed E-state index contributed by atoms with van der Waals surface area (Å²) in [5.41, 5.74) is 5.91. The van der Waals surface area contributed by atoms with E-state index < -0.39 is 59.8 Å². The third kappa shape index (κ3) is 4.74. The second kappa shape index (κ2) is 12.1. The van der Waals surface area contributed by atoms with Gasteiger partial charge in [-0.25, -0.2) is 0 Å². The molecule has 0 atom stereocenters. The molecule has 0 spiro atoms.